The first kappa shape index (κ1) is 13.2. The predicted octanol–water partition coefficient (Wildman–Crippen LogP) is 0.854. The lowest BCUT2D eigenvalue weighted by atomic mass is 10.0. The van der Waals surface area contributed by atoms with E-state index in [0.717, 1.165) is 0 Å². The van der Waals surface area contributed by atoms with Gasteiger partial charge in [-0.2, -0.15) is 11.8 Å². The van der Waals surface area contributed by atoms with Gasteiger partial charge < -0.3 is 15.3 Å². The van der Waals surface area contributed by atoms with Crippen molar-refractivity contribution in [3.63, 3.8) is 0 Å². The fourth-order valence-corrected chi connectivity index (χ4v) is 1.49. The largest absolute Gasteiger partial charge is 0.481 e. The second-order valence-corrected chi connectivity index (χ2v) is 6.08. The number of carbonyl (C=O) groups excluding carboxylic acids is 1. The number of thioether (sulfide) groups is 1. The highest BCUT2D eigenvalue weighted by atomic mass is 32.2. The Morgan fingerprint density at radius 2 is 2.06 bits per heavy atom. The molecule has 5 nitrogen and oxygen atoms in total. The highest BCUT2D eigenvalue weighted by molar-refractivity contribution is 7.99. The third-order valence-electron chi connectivity index (χ3n) is 2.74. The summed E-state index contributed by atoms with van der Waals surface area (Å²) in [5.41, 5.74) is 0. The third-order valence-corrected chi connectivity index (χ3v) is 3.99. The molecule has 0 aliphatic carbocycles. The first-order valence-corrected chi connectivity index (χ1v) is 6.39. The SMILES string of the molecule is CSC(C)(C)CNC(=O)N1CC(C(=O)O)C1. The average molecular weight is 246 g/mol. The highest BCUT2D eigenvalue weighted by Gasteiger charge is 2.35. The molecule has 0 saturated carbocycles. The third kappa shape index (κ3) is 3.30. The smallest absolute Gasteiger partial charge is 0.317 e. The minimum Gasteiger partial charge on any atom is -0.481 e. The van der Waals surface area contributed by atoms with Crippen LogP contribution in [0.25, 0.3) is 0 Å². The first-order chi connectivity index (χ1) is 7.35. The highest BCUT2D eigenvalue weighted by Crippen LogP contribution is 2.20. The van der Waals surface area contributed by atoms with Crippen LogP contribution in [0.1, 0.15) is 13.8 Å². The number of rotatable bonds is 4. The van der Waals surface area contributed by atoms with Gasteiger partial charge in [0.15, 0.2) is 0 Å². The second-order valence-electron chi connectivity index (χ2n) is 4.56. The van der Waals surface area contributed by atoms with E-state index in [0.29, 0.717) is 19.6 Å². The number of carboxylic acids is 1. The number of urea groups is 1. The van der Waals surface area contributed by atoms with E-state index in [9.17, 15) is 9.59 Å². The van der Waals surface area contributed by atoms with E-state index in [1.165, 1.54) is 4.90 Å². The molecule has 16 heavy (non-hydrogen) atoms. The van der Waals surface area contributed by atoms with Gasteiger partial charge in [0.1, 0.15) is 0 Å². The molecule has 0 radical (unpaired) electrons. The van der Waals surface area contributed by atoms with Crippen LogP contribution in [-0.2, 0) is 4.79 Å². The van der Waals surface area contributed by atoms with Crippen LogP contribution in [0.5, 0.6) is 0 Å². The van der Waals surface area contributed by atoms with Crippen molar-refractivity contribution in [2.45, 2.75) is 18.6 Å². The molecular formula is C10H18N2O3S. The Labute approximate surface area is 99.6 Å². The quantitative estimate of drug-likeness (QED) is 0.771. The summed E-state index contributed by atoms with van der Waals surface area (Å²) in [5.74, 6) is -1.21. The lowest BCUT2D eigenvalue weighted by Crippen LogP contribution is -2.57. The molecule has 0 aromatic carbocycles. The van der Waals surface area contributed by atoms with Gasteiger partial charge in [0.2, 0.25) is 0 Å². The van der Waals surface area contributed by atoms with E-state index in [1.807, 2.05) is 20.1 Å². The molecule has 0 bridgehead atoms. The van der Waals surface area contributed by atoms with Gasteiger partial charge >= 0.3 is 12.0 Å². The number of carboxylic acid groups (broad SMARTS) is 1. The Morgan fingerprint density at radius 1 is 1.50 bits per heavy atom. The zero-order valence-corrected chi connectivity index (χ0v) is 10.6. The van der Waals surface area contributed by atoms with Crippen LogP contribution >= 0.6 is 11.8 Å². The number of nitrogens with zero attached hydrogens (tertiary/aromatic N) is 1. The summed E-state index contributed by atoms with van der Waals surface area (Å²) in [6.45, 7) is 5.32. The molecule has 0 aromatic rings. The number of hydrogen-bond donors (Lipinski definition) is 2. The molecule has 1 rings (SSSR count). The molecule has 1 heterocycles. The van der Waals surface area contributed by atoms with E-state index in [1.54, 1.807) is 11.8 Å². The summed E-state index contributed by atoms with van der Waals surface area (Å²) in [6, 6.07) is -0.167. The molecule has 92 valence electrons. The molecule has 2 amide bonds. The first-order valence-electron chi connectivity index (χ1n) is 5.16. The van der Waals surface area contributed by atoms with E-state index in [2.05, 4.69) is 5.32 Å². The van der Waals surface area contributed by atoms with Gasteiger partial charge in [0.05, 0.1) is 5.92 Å². The Kier molecular flexibility index (Phi) is 4.07. The van der Waals surface area contributed by atoms with Gasteiger partial charge in [-0.3, -0.25) is 4.79 Å². The number of likely N-dealkylation sites (tertiary alicyclic amines) is 1. The van der Waals surface area contributed by atoms with E-state index in [-0.39, 0.29) is 16.7 Å². The van der Waals surface area contributed by atoms with Crippen LogP contribution in [0.2, 0.25) is 0 Å². The summed E-state index contributed by atoms with van der Waals surface area (Å²) in [4.78, 5) is 23.6. The van der Waals surface area contributed by atoms with Gasteiger partial charge in [-0.05, 0) is 20.1 Å². The molecule has 1 fully saturated rings. The van der Waals surface area contributed by atoms with Crippen molar-refractivity contribution in [2.75, 3.05) is 25.9 Å². The molecule has 0 spiro atoms. The zero-order chi connectivity index (χ0) is 12.3. The summed E-state index contributed by atoms with van der Waals surface area (Å²) < 4.78 is 0.00667. The van der Waals surface area contributed by atoms with Crippen molar-refractivity contribution in [1.82, 2.24) is 10.2 Å². The lowest BCUT2D eigenvalue weighted by Gasteiger charge is -2.37. The van der Waals surface area contributed by atoms with E-state index >= 15 is 0 Å². The number of nitrogens with one attached hydrogen (secondary N) is 1. The van der Waals surface area contributed by atoms with Crippen molar-refractivity contribution in [3.8, 4) is 0 Å². The Hall–Kier alpha value is -0.910. The van der Waals surface area contributed by atoms with Crippen LogP contribution in [-0.4, -0.2) is 52.6 Å². The van der Waals surface area contributed by atoms with Crippen LogP contribution in [0.4, 0.5) is 4.79 Å². The van der Waals surface area contributed by atoms with Crippen molar-refractivity contribution >= 4 is 23.8 Å². The Bertz CT molecular complexity index is 288. The van der Waals surface area contributed by atoms with Crippen molar-refractivity contribution in [3.05, 3.63) is 0 Å². The summed E-state index contributed by atoms with van der Waals surface area (Å²) in [7, 11) is 0. The molecule has 1 aliphatic heterocycles. The van der Waals surface area contributed by atoms with Gasteiger partial charge in [-0.25, -0.2) is 4.79 Å². The average Bonchev–Trinajstić information content (AvgIpc) is 2.12. The predicted molar refractivity (Wildman–Crippen MR) is 63.7 cm³/mol. The fourth-order valence-electron chi connectivity index (χ4n) is 1.27. The lowest BCUT2D eigenvalue weighted by molar-refractivity contribution is -0.146. The molecule has 0 atom stereocenters. The normalized spacial score (nSPS) is 16.8. The van der Waals surface area contributed by atoms with Crippen molar-refractivity contribution < 1.29 is 14.7 Å². The minimum atomic E-state index is -0.825. The maximum atomic E-state index is 11.6. The molecular weight excluding hydrogens is 228 g/mol. The molecule has 6 heteroatoms. The monoisotopic (exact) mass is 246 g/mol. The topological polar surface area (TPSA) is 69.6 Å². The molecule has 0 aromatic heterocycles. The van der Waals surface area contributed by atoms with Crippen LogP contribution in [0, 0.1) is 5.92 Å². The zero-order valence-electron chi connectivity index (χ0n) is 9.82. The number of hydrogen-bond acceptors (Lipinski definition) is 3. The van der Waals surface area contributed by atoms with Crippen molar-refractivity contribution in [1.29, 1.82) is 0 Å². The Morgan fingerprint density at radius 3 is 2.50 bits per heavy atom. The summed E-state index contributed by atoms with van der Waals surface area (Å²) in [5, 5.41) is 11.5. The van der Waals surface area contributed by atoms with Gasteiger partial charge in [-0.15, -0.1) is 0 Å². The van der Waals surface area contributed by atoms with Crippen LogP contribution < -0.4 is 5.32 Å². The fraction of sp³-hybridized carbons (Fsp3) is 0.800. The molecule has 0 unspecified atom stereocenters. The number of amides is 2. The molecule has 1 saturated heterocycles. The summed E-state index contributed by atoms with van der Waals surface area (Å²) in [6.07, 6.45) is 2.00. The maximum absolute atomic E-state index is 11.6. The minimum absolute atomic E-state index is 0.00667. The summed E-state index contributed by atoms with van der Waals surface area (Å²) >= 11 is 1.68. The number of aliphatic carboxylic acids is 1. The van der Waals surface area contributed by atoms with Crippen molar-refractivity contribution in [2.24, 2.45) is 5.92 Å². The van der Waals surface area contributed by atoms with Gasteiger partial charge in [-0.1, -0.05) is 0 Å². The molecule has 2 N–H and O–H groups in total. The van der Waals surface area contributed by atoms with Crippen LogP contribution in [0.3, 0.4) is 0 Å². The van der Waals surface area contributed by atoms with Gasteiger partial charge in [0.25, 0.3) is 0 Å². The maximum Gasteiger partial charge on any atom is 0.317 e. The second kappa shape index (κ2) is 4.95. The van der Waals surface area contributed by atoms with Crippen LogP contribution in [0.15, 0.2) is 0 Å². The Balaban J connectivity index is 2.26. The molecule has 1 aliphatic rings. The van der Waals surface area contributed by atoms with E-state index < -0.39 is 5.97 Å². The number of carbonyl (C=O) groups is 2. The van der Waals surface area contributed by atoms with Gasteiger partial charge in [0, 0.05) is 24.4 Å². The standard InChI is InChI=1S/C10H18N2O3S/c1-10(2,16-3)6-11-9(15)12-4-7(5-12)8(13)14/h7H,4-6H2,1-3H3,(H,11,15)(H,13,14). The van der Waals surface area contributed by atoms with E-state index in [4.69, 9.17) is 5.11 Å².